The van der Waals surface area contributed by atoms with E-state index in [2.05, 4.69) is 0 Å². The lowest BCUT2D eigenvalue weighted by Crippen LogP contribution is -2.21. The lowest BCUT2D eigenvalue weighted by Gasteiger charge is -2.13. The molecular weight excluding hydrogens is 414 g/mol. The lowest BCUT2D eigenvalue weighted by atomic mass is 9.91. The summed E-state index contributed by atoms with van der Waals surface area (Å²) in [4.78, 5) is 25.9. The summed E-state index contributed by atoms with van der Waals surface area (Å²) in [7, 11) is -3.95. The van der Waals surface area contributed by atoms with Crippen molar-refractivity contribution >= 4 is 21.8 Å². The molecule has 1 aromatic heterocycles. The molecule has 1 unspecified atom stereocenters. The van der Waals surface area contributed by atoms with Crippen LogP contribution in [0.5, 0.6) is 0 Å². The molecule has 0 saturated carbocycles. The molecular formula is C24H23NO5S. The largest absolute Gasteiger partial charge is 0.462 e. The molecule has 1 atom stereocenters. The van der Waals surface area contributed by atoms with Gasteiger partial charge in [-0.15, -0.1) is 0 Å². The molecule has 4 rings (SSSR count). The monoisotopic (exact) mass is 437 g/mol. The number of esters is 1. The molecule has 31 heavy (non-hydrogen) atoms. The molecule has 6 nitrogen and oxygen atoms in total. The molecule has 2 aromatic carbocycles. The highest BCUT2D eigenvalue weighted by molar-refractivity contribution is 7.89. The van der Waals surface area contributed by atoms with Gasteiger partial charge in [0.2, 0.25) is 10.0 Å². The maximum atomic E-state index is 13.4. The fourth-order valence-corrected chi connectivity index (χ4v) is 6.04. The van der Waals surface area contributed by atoms with Crippen molar-refractivity contribution in [3.63, 3.8) is 0 Å². The molecule has 3 aromatic rings. The van der Waals surface area contributed by atoms with Crippen molar-refractivity contribution in [3.8, 4) is 0 Å². The van der Waals surface area contributed by atoms with Crippen LogP contribution in [0.2, 0.25) is 0 Å². The second-order valence-corrected chi connectivity index (χ2v) is 9.36. The van der Waals surface area contributed by atoms with E-state index in [0.717, 1.165) is 9.54 Å². The average molecular weight is 438 g/mol. The summed E-state index contributed by atoms with van der Waals surface area (Å²) < 4.78 is 33.1. The van der Waals surface area contributed by atoms with Gasteiger partial charge in [-0.3, -0.25) is 4.79 Å². The van der Waals surface area contributed by atoms with Crippen molar-refractivity contribution < 1.29 is 22.7 Å². The van der Waals surface area contributed by atoms with Gasteiger partial charge < -0.3 is 4.74 Å². The number of nitrogens with zero attached hydrogens (tertiary/aromatic N) is 1. The smallest absolute Gasteiger partial charge is 0.340 e. The Morgan fingerprint density at radius 3 is 2.29 bits per heavy atom. The van der Waals surface area contributed by atoms with E-state index >= 15 is 0 Å². The zero-order chi connectivity index (χ0) is 22.2. The van der Waals surface area contributed by atoms with E-state index in [1.54, 1.807) is 38.1 Å². The number of Topliss-reactive ketones (excluding diaryl/α,β-unsaturated/α-hetero) is 1. The summed E-state index contributed by atoms with van der Waals surface area (Å²) in [5, 5.41) is 0. The minimum atomic E-state index is -3.95. The van der Waals surface area contributed by atoms with Crippen LogP contribution in [0.15, 0.2) is 60.7 Å². The number of ether oxygens (including phenoxy) is 1. The van der Waals surface area contributed by atoms with Crippen molar-refractivity contribution in [1.29, 1.82) is 0 Å². The van der Waals surface area contributed by atoms with E-state index in [-0.39, 0.29) is 41.5 Å². The summed E-state index contributed by atoms with van der Waals surface area (Å²) >= 11 is 0. The fraction of sp³-hybridized carbons (Fsp3) is 0.250. The molecule has 0 radical (unpaired) electrons. The van der Waals surface area contributed by atoms with Crippen LogP contribution in [0.25, 0.3) is 0 Å². The van der Waals surface area contributed by atoms with Crippen LogP contribution in [-0.2, 0) is 20.5 Å². The fourth-order valence-electron chi connectivity index (χ4n) is 4.31. The SMILES string of the molecule is CCOC(=O)c1c2c(n(S(=O)(=O)Cc3ccccc3)c1C)C(=O)CC2c1ccccc1. The standard InChI is InChI=1S/C24H23NO5S/c1-3-30-24(27)21-16(2)25(31(28,29)15-17-10-6-4-7-11-17)23-20(26)14-19(22(21)23)18-12-8-5-9-13-18/h4-13,19H,3,14-15H2,1-2H3. The topological polar surface area (TPSA) is 82.4 Å². The normalized spacial score (nSPS) is 15.7. The minimum Gasteiger partial charge on any atom is -0.462 e. The van der Waals surface area contributed by atoms with E-state index < -0.39 is 21.9 Å². The second-order valence-electron chi connectivity index (χ2n) is 7.54. The van der Waals surface area contributed by atoms with Crippen molar-refractivity contribution in [2.75, 3.05) is 6.61 Å². The highest BCUT2D eigenvalue weighted by Crippen LogP contribution is 2.44. The number of hydrogen-bond acceptors (Lipinski definition) is 5. The Morgan fingerprint density at radius 2 is 1.68 bits per heavy atom. The van der Waals surface area contributed by atoms with E-state index in [9.17, 15) is 18.0 Å². The summed E-state index contributed by atoms with van der Waals surface area (Å²) in [5.41, 5.74) is 2.38. The van der Waals surface area contributed by atoms with Gasteiger partial charge >= 0.3 is 5.97 Å². The third kappa shape index (κ3) is 3.70. The van der Waals surface area contributed by atoms with Crippen LogP contribution in [0.4, 0.5) is 0 Å². The zero-order valence-electron chi connectivity index (χ0n) is 17.4. The Morgan fingerprint density at radius 1 is 1.06 bits per heavy atom. The molecule has 0 amide bonds. The van der Waals surface area contributed by atoms with Gasteiger partial charge in [0.25, 0.3) is 0 Å². The minimum absolute atomic E-state index is 0.0744. The van der Waals surface area contributed by atoms with Crippen LogP contribution in [0.3, 0.4) is 0 Å². The molecule has 0 saturated heterocycles. The van der Waals surface area contributed by atoms with E-state index in [1.165, 1.54) is 0 Å². The third-order valence-electron chi connectivity index (χ3n) is 5.55. The third-order valence-corrected chi connectivity index (χ3v) is 7.26. The number of benzene rings is 2. The number of hydrogen-bond donors (Lipinski definition) is 0. The number of ketones is 1. The number of fused-ring (bicyclic) bond motifs is 1. The molecule has 160 valence electrons. The molecule has 1 heterocycles. The highest BCUT2D eigenvalue weighted by atomic mass is 32.2. The average Bonchev–Trinajstić information content (AvgIpc) is 3.23. The molecule has 0 N–H and O–H groups in total. The molecule has 0 bridgehead atoms. The Kier molecular flexibility index (Phi) is 5.54. The molecule has 1 aliphatic carbocycles. The van der Waals surface area contributed by atoms with Gasteiger partial charge in [0.15, 0.2) is 5.78 Å². The van der Waals surface area contributed by atoms with Crippen molar-refractivity contribution in [2.45, 2.75) is 31.9 Å². The summed E-state index contributed by atoms with van der Waals surface area (Å²) in [5.74, 6) is -1.57. The van der Waals surface area contributed by atoms with E-state index in [0.29, 0.717) is 11.1 Å². The maximum absolute atomic E-state index is 13.4. The number of carbonyl (C=O) groups excluding carboxylic acids is 2. The van der Waals surface area contributed by atoms with Crippen LogP contribution < -0.4 is 0 Å². The van der Waals surface area contributed by atoms with Gasteiger partial charge in [-0.25, -0.2) is 17.2 Å². The van der Waals surface area contributed by atoms with Crippen LogP contribution >= 0.6 is 0 Å². The van der Waals surface area contributed by atoms with Crippen LogP contribution in [0.1, 0.15) is 62.5 Å². The van der Waals surface area contributed by atoms with Crippen molar-refractivity contribution in [3.05, 3.63) is 94.3 Å². The van der Waals surface area contributed by atoms with Gasteiger partial charge in [-0.2, -0.15) is 0 Å². The first-order valence-corrected chi connectivity index (χ1v) is 11.7. The Hall–Kier alpha value is -3.19. The van der Waals surface area contributed by atoms with E-state index in [4.69, 9.17) is 4.74 Å². The number of carbonyl (C=O) groups is 2. The van der Waals surface area contributed by atoms with Gasteiger partial charge in [0.1, 0.15) is 5.69 Å². The molecule has 0 fully saturated rings. The van der Waals surface area contributed by atoms with Crippen LogP contribution in [0, 0.1) is 6.92 Å². The summed E-state index contributed by atoms with van der Waals surface area (Å²) in [6, 6.07) is 18.1. The first kappa shape index (κ1) is 21.1. The Bertz CT molecular complexity index is 1240. The zero-order valence-corrected chi connectivity index (χ0v) is 18.2. The number of aromatic nitrogens is 1. The predicted molar refractivity (Wildman–Crippen MR) is 117 cm³/mol. The first-order valence-electron chi connectivity index (χ1n) is 10.1. The highest BCUT2D eigenvalue weighted by Gasteiger charge is 2.43. The summed E-state index contributed by atoms with van der Waals surface area (Å²) in [6.45, 7) is 3.40. The molecule has 0 aliphatic heterocycles. The lowest BCUT2D eigenvalue weighted by molar-refractivity contribution is 0.0524. The van der Waals surface area contributed by atoms with Crippen molar-refractivity contribution in [1.82, 2.24) is 3.97 Å². The Balaban J connectivity index is 1.93. The van der Waals surface area contributed by atoms with Crippen LogP contribution in [-0.4, -0.2) is 30.7 Å². The first-order chi connectivity index (χ1) is 14.8. The second kappa shape index (κ2) is 8.15. The molecule has 1 aliphatic rings. The van der Waals surface area contributed by atoms with Crippen molar-refractivity contribution in [2.24, 2.45) is 0 Å². The Labute approximate surface area is 181 Å². The van der Waals surface area contributed by atoms with Gasteiger partial charge in [-0.05, 0) is 25.0 Å². The number of rotatable bonds is 6. The molecule has 7 heteroatoms. The van der Waals surface area contributed by atoms with Gasteiger partial charge in [0.05, 0.1) is 17.9 Å². The predicted octanol–water partition coefficient (Wildman–Crippen LogP) is 4.07. The molecule has 0 spiro atoms. The van der Waals surface area contributed by atoms with E-state index in [1.807, 2.05) is 36.4 Å². The maximum Gasteiger partial charge on any atom is 0.340 e. The quantitative estimate of drug-likeness (QED) is 0.543. The van der Waals surface area contributed by atoms with Gasteiger partial charge in [-0.1, -0.05) is 60.7 Å². The summed E-state index contributed by atoms with van der Waals surface area (Å²) in [6.07, 6.45) is 0.113. The van der Waals surface area contributed by atoms with Gasteiger partial charge in [0, 0.05) is 23.6 Å².